The van der Waals surface area contributed by atoms with E-state index in [1.54, 1.807) is 6.08 Å². The minimum Gasteiger partial charge on any atom is -0.0938 e. The summed E-state index contributed by atoms with van der Waals surface area (Å²) in [6, 6.07) is 0. The van der Waals surface area contributed by atoms with Crippen LogP contribution in [-0.4, -0.2) is 5.75 Å². The Kier molecular flexibility index (Phi) is 5.17. The van der Waals surface area contributed by atoms with Crippen molar-refractivity contribution in [3.05, 3.63) is 19.1 Å². The number of hydrogen-bond acceptors (Lipinski definition) is 0. The molecule has 34 valence electrons. The van der Waals surface area contributed by atoms with Crippen LogP contribution in [0.3, 0.4) is 0 Å². The molecule has 0 aliphatic carbocycles. The van der Waals surface area contributed by atoms with Crippen LogP contribution >= 0.6 is 12.6 Å². The van der Waals surface area contributed by atoms with E-state index in [2.05, 4.69) is 19.6 Å². The van der Waals surface area contributed by atoms with Crippen molar-refractivity contribution >= 4 is 12.6 Å². The molecule has 0 fully saturated rings. The fourth-order valence-electron chi connectivity index (χ4n) is 0.186. The molecule has 1 heteroatoms. The highest BCUT2D eigenvalue weighted by Gasteiger charge is 1.66. The van der Waals surface area contributed by atoms with E-state index in [-0.39, 0.29) is 0 Å². The summed E-state index contributed by atoms with van der Waals surface area (Å²) in [5.41, 5.74) is 0. The van der Waals surface area contributed by atoms with Gasteiger partial charge >= 0.3 is 0 Å². The molecule has 2 radical (unpaired) electrons. The standard InChI is InChI=1S/C5H8S/c1-2-3-4-5-6/h2-3H,1,4-5H2. The molecular weight excluding hydrogens is 92.1 g/mol. The van der Waals surface area contributed by atoms with Gasteiger partial charge in [-0.2, -0.15) is 0 Å². The first kappa shape index (κ1) is 6.09. The summed E-state index contributed by atoms with van der Waals surface area (Å²) in [6.07, 6.45) is 4.72. The molecule has 0 nitrogen and oxygen atoms in total. The molecule has 0 N–H and O–H groups in total. The van der Waals surface area contributed by atoms with Gasteiger partial charge in [-0.3, -0.25) is 0 Å². The highest BCUT2D eigenvalue weighted by molar-refractivity contribution is 7.80. The second kappa shape index (κ2) is 5.09. The van der Waals surface area contributed by atoms with Crippen LogP contribution in [0.4, 0.5) is 0 Å². The van der Waals surface area contributed by atoms with E-state index < -0.39 is 0 Å². The molecule has 0 heterocycles. The smallest absolute Gasteiger partial charge is 0.00715 e. The average Bonchev–Trinajstić information content (AvgIpc) is 1.61. The number of allylic oxidation sites excluding steroid dienone is 2. The highest BCUT2D eigenvalue weighted by Crippen LogP contribution is 1.83. The van der Waals surface area contributed by atoms with E-state index in [0.29, 0.717) is 0 Å². The Morgan fingerprint density at radius 3 is 2.50 bits per heavy atom. The Hall–Kier alpha value is 0.0900. The van der Waals surface area contributed by atoms with Crippen LogP contribution in [0, 0.1) is 6.92 Å². The summed E-state index contributed by atoms with van der Waals surface area (Å²) in [7, 11) is 0. The van der Waals surface area contributed by atoms with Crippen LogP contribution in [0.2, 0.25) is 0 Å². The first-order valence-corrected chi connectivity index (χ1v) is 2.52. The molecule has 6 heavy (non-hydrogen) atoms. The van der Waals surface area contributed by atoms with E-state index in [9.17, 15) is 0 Å². The molecule has 0 saturated heterocycles. The van der Waals surface area contributed by atoms with Crippen molar-refractivity contribution in [2.24, 2.45) is 0 Å². The molecule has 0 aromatic rings. The molecule has 0 aromatic carbocycles. The Bertz CT molecular complexity index is 39.2. The zero-order valence-electron chi connectivity index (χ0n) is 3.68. The predicted molar refractivity (Wildman–Crippen MR) is 31.6 cm³/mol. The maximum Gasteiger partial charge on any atom is 0.00715 e. The largest absolute Gasteiger partial charge is 0.0938 e. The Balaban J connectivity index is 2.66. The summed E-state index contributed by atoms with van der Waals surface area (Å²) in [6.45, 7) is 3.50. The Morgan fingerprint density at radius 2 is 2.33 bits per heavy atom. The molecule has 0 rings (SSSR count). The van der Waals surface area contributed by atoms with E-state index in [1.807, 2.05) is 6.08 Å². The molecule has 0 atom stereocenters. The third-order valence-corrected chi connectivity index (χ3v) is 0.687. The molecule has 0 aliphatic heterocycles. The SMILES string of the molecule is [CH2]C=CCC[S]. The topological polar surface area (TPSA) is 0 Å². The van der Waals surface area contributed by atoms with Gasteiger partial charge < -0.3 is 0 Å². The minimum absolute atomic E-state index is 0.812. The van der Waals surface area contributed by atoms with Crippen molar-refractivity contribution < 1.29 is 0 Å². The van der Waals surface area contributed by atoms with Gasteiger partial charge in [-0.25, -0.2) is 0 Å². The molecule has 0 unspecified atom stereocenters. The predicted octanol–water partition coefficient (Wildman–Crippen LogP) is 1.96. The van der Waals surface area contributed by atoms with Crippen molar-refractivity contribution in [1.29, 1.82) is 0 Å². The van der Waals surface area contributed by atoms with Gasteiger partial charge in [-0.05, 0) is 13.3 Å². The van der Waals surface area contributed by atoms with Gasteiger partial charge in [-0.1, -0.05) is 24.8 Å². The molecule has 0 saturated carbocycles. The lowest BCUT2D eigenvalue weighted by Crippen LogP contribution is -1.62. The van der Waals surface area contributed by atoms with Gasteiger partial charge in [0.15, 0.2) is 0 Å². The van der Waals surface area contributed by atoms with E-state index in [0.717, 1.165) is 12.2 Å². The summed E-state index contributed by atoms with van der Waals surface area (Å²) in [5, 5.41) is 0. The van der Waals surface area contributed by atoms with Crippen molar-refractivity contribution in [3.63, 3.8) is 0 Å². The fraction of sp³-hybridized carbons (Fsp3) is 0.400. The first-order chi connectivity index (χ1) is 2.91. The monoisotopic (exact) mass is 100 g/mol. The van der Waals surface area contributed by atoms with Gasteiger partial charge in [0, 0.05) is 5.75 Å². The fourth-order valence-corrected chi connectivity index (χ4v) is 0.322. The zero-order chi connectivity index (χ0) is 4.83. The van der Waals surface area contributed by atoms with Crippen molar-refractivity contribution in [2.75, 3.05) is 5.75 Å². The van der Waals surface area contributed by atoms with E-state index in [4.69, 9.17) is 0 Å². The lowest BCUT2D eigenvalue weighted by Gasteiger charge is -1.74. The quantitative estimate of drug-likeness (QED) is 0.497. The minimum atomic E-state index is 0.812. The van der Waals surface area contributed by atoms with Crippen LogP contribution in [0.5, 0.6) is 0 Å². The summed E-state index contributed by atoms with van der Waals surface area (Å²) in [4.78, 5) is 0. The first-order valence-electron chi connectivity index (χ1n) is 1.94. The molecular formula is C5H8S. The van der Waals surface area contributed by atoms with Crippen LogP contribution < -0.4 is 0 Å². The van der Waals surface area contributed by atoms with Gasteiger partial charge in [0.25, 0.3) is 0 Å². The summed E-state index contributed by atoms with van der Waals surface area (Å²) < 4.78 is 0. The Morgan fingerprint density at radius 1 is 1.67 bits per heavy atom. The van der Waals surface area contributed by atoms with Gasteiger partial charge in [0.05, 0.1) is 0 Å². The normalized spacial score (nSPS) is 10.3. The lowest BCUT2D eigenvalue weighted by atomic mass is 10.4. The zero-order valence-corrected chi connectivity index (χ0v) is 4.50. The van der Waals surface area contributed by atoms with Gasteiger partial charge in [0.1, 0.15) is 0 Å². The third kappa shape index (κ3) is 4.09. The second-order valence-corrected chi connectivity index (χ2v) is 1.37. The van der Waals surface area contributed by atoms with E-state index in [1.165, 1.54) is 0 Å². The summed E-state index contributed by atoms with van der Waals surface area (Å²) >= 11 is 4.64. The summed E-state index contributed by atoms with van der Waals surface area (Å²) in [5.74, 6) is 0.812. The maximum absolute atomic E-state index is 4.64. The molecule has 0 spiro atoms. The van der Waals surface area contributed by atoms with Crippen LogP contribution in [0.1, 0.15) is 6.42 Å². The van der Waals surface area contributed by atoms with Crippen molar-refractivity contribution in [3.8, 4) is 0 Å². The van der Waals surface area contributed by atoms with Crippen LogP contribution in [-0.2, 0) is 0 Å². The average molecular weight is 100 g/mol. The third-order valence-electron chi connectivity index (χ3n) is 0.451. The van der Waals surface area contributed by atoms with Crippen LogP contribution in [0.25, 0.3) is 0 Å². The van der Waals surface area contributed by atoms with Crippen molar-refractivity contribution in [2.45, 2.75) is 6.42 Å². The molecule has 0 bridgehead atoms. The highest BCUT2D eigenvalue weighted by atomic mass is 32.1. The molecule has 0 amide bonds. The maximum atomic E-state index is 4.64. The van der Waals surface area contributed by atoms with Gasteiger partial charge in [-0.15, -0.1) is 0 Å². The number of rotatable bonds is 2. The molecule has 0 aromatic heterocycles. The Labute approximate surface area is 44.7 Å². The molecule has 0 aliphatic rings. The van der Waals surface area contributed by atoms with Crippen LogP contribution in [0.15, 0.2) is 12.2 Å². The second-order valence-electron chi connectivity index (χ2n) is 0.964. The lowest BCUT2D eigenvalue weighted by molar-refractivity contribution is 1.25. The van der Waals surface area contributed by atoms with E-state index >= 15 is 0 Å². The number of hydrogen-bond donors (Lipinski definition) is 0. The van der Waals surface area contributed by atoms with Crippen molar-refractivity contribution in [1.82, 2.24) is 0 Å². The van der Waals surface area contributed by atoms with Gasteiger partial charge in [0.2, 0.25) is 0 Å².